The summed E-state index contributed by atoms with van der Waals surface area (Å²) >= 11 is 0. The molecule has 1 amide bonds. The van der Waals surface area contributed by atoms with Gasteiger partial charge in [-0.3, -0.25) is 4.79 Å². The molecule has 6 heteroatoms. The maximum atomic E-state index is 12.9. The molecule has 1 aliphatic heterocycles. The number of aromatic nitrogens is 2. The fourth-order valence-electron chi connectivity index (χ4n) is 4.39. The van der Waals surface area contributed by atoms with E-state index < -0.39 is 0 Å². The lowest BCUT2D eigenvalue weighted by molar-refractivity contribution is -0.144. The average molecular weight is 383 g/mol. The normalized spacial score (nSPS) is 21.1. The number of hydrogen-bond acceptors (Lipinski definition) is 5. The van der Waals surface area contributed by atoms with Gasteiger partial charge in [-0.2, -0.15) is 0 Å². The predicted molar refractivity (Wildman–Crippen MR) is 106 cm³/mol. The Balaban J connectivity index is 1.52. The largest absolute Gasteiger partial charge is 0.368 e. The molecule has 6 nitrogen and oxygen atoms in total. The van der Waals surface area contributed by atoms with Crippen LogP contribution in [0.5, 0.6) is 0 Å². The monoisotopic (exact) mass is 383 g/mol. The minimum Gasteiger partial charge on any atom is -0.368 e. The highest BCUT2D eigenvalue weighted by Gasteiger charge is 2.31. The van der Waals surface area contributed by atoms with Crippen molar-refractivity contribution < 1.29 is 14.1 Å². The second kappa shape index (κ2) is 8.43. The highest BCUT2D eigenvalue weighted by molar-refractivity contribution is 5.79. The van der Waals surface area contributed by atoms with E-state index in [2.05, 4.69) is 5.16 Å². The zero-order valence-corrected chi connectivity index (χ0v) is 16.8. The molecule has 28 heavy (non-hydrogen) atoms. The van der Waals surface area contributed by atoms with Crippen molar-refractivity contribution in [2.75, 3.05) is 19.7 Å². The third kappa shape index (κ3) is 3.83. The first-order valence-electron chi connectivity index (χ1n) is 10.5. The Morgan fingerprint density at radius 2 is 2.07 bits per heavy atom. The van der Waals surface area contributed by atoms with E-state index in [4.69, 9.17) is 14.2 Å². The Morgan fingerprint density at radius 1 is 1.25 bits per heavy atom. The molecule has 3 heterocycles. The van der Waals surface area contributed by atoms with Gasteiger partial charge in [-0.25, -0.2) is 4.98 Å². The molecule has 2 aromatic rings. The molecule has 1 atom stereocenters. The standard InChI is InChI=1S/C22H29N3O3/c1-3-19-21(15(2)24-28-19)18-11-7-10-17(23-18)20-14-25(12-13-27-20)22(26)16-8-5-4-6-9-16/h7,10-11,16,20H,3-6,8-9,12-14H2,1-2H3. The number of amides is 1. The van der Waals surface area contributed by atoms with E-state index in [1.165, 1.54) is 19.3 Å². The molecule has 4 rings (SSSR count). The number of ether oxygens (including phenoxy) is 1. The summed E-state index contributed by atoms with van der Waals surface area (Å²) < 4.78 is 11.4. The fraction of sp³-hybridized carbons (Fsp3) is 0.591. The van der Waals surface area contributed by atoms with Gasteiger partial charge in [-0.1, -0.05) is 37.4 Å². The van der Waals surface area contributed by atoms with Crippen LogP contribution in [0.15, 0.2) is 22.7 Å². The van der Waals surface area contributed by atoms with Gasteiger partial charge in [0.1, 0.15) is 11.9 Å². The van der Waals surface area contributed by atoms with Crippen LogP contribution in [0.3, 0.4) is 0 Å². The van der Waals surface area contributed by atoms with Gasteiger partial charge >= 0.3 is 0 Å². The summed E-state index contributed by atoms with van der Waals surface area (Å²) in [6, 6.07) is 5.96. The van der Waals surface area contributed by atoms with Crippen molar-refractivity contribution in [2.45, 2.75) is 58.5 Å². The smallest absolute Gasteiger partial charge is 0.225 e. The van der Waals surface area contributed by atoms with E-state index in [9.17, 15) is 4.79 Å². The number of nitrogens with zero attached hydrogens (tertiary/aromatic N) is 3. The fourth-order valence-corrected chi connectivity index (χ4v) is 4.39. The predicted octanol–water partition coefficient (Wildman–Crippen LogP) is 4.09. The average Bonchev–Trinajstić information content (AvgIpc) is 3.14. The van der Waals surface area contributed by atoms with E-state index in [-0.39, 0.29) is 12.0 Å². The summed E-state index contributed by atoms with van der Waals surface area (Å²) in [4.78, 5) is 19.8. The van der Waals surface area contributed by atoms with Gasteiger partial charge in [-0.05, 0) is 31.9 Å². The zero-order valence-electron chi connectivity index (χ0n) is 16.8. The van der Waals surface area contributed by atoms with E-state index in [0.717, 1.165) is 47.7 Å². The van der Waals surface area contributed by atoms with E-state index >= 15 is 0 Å². The molecule has 0 N–H and O–H groups in total. The maximum Gasteiger partial charge on any atom is 0.225 e. The Morgan fingerprint density at radius 3 is 2.86 bits per heavy atom. The minimum atomic E-state index is -0.188. The first-order valence-corrected chi connectivity index (χ1v) is 10.5. The first-order chi connectivity index (χ1) is 13.7. The number of aryl methyl sites for hydroxylation is 2. The molecule has 0 bridgehead atoms. The second-order valence-corrected chi connectivity index (χ2v) is 7.85. The molecule has 0 spiro atoms. The Labute approximate surface area is 166 Å². The Bertz CT molecular complexity index is 826. The number of carbonyl (C=O) groups excluding carboxylic acids is 1. The van der Waals surface area contributed by atoms with E-state index in [1.54, 1.807) is 0 Å². The summed E-state index contributed by atoms with van der Waals surface area (Å²) in [6.45, 7) is 5.80. The summed E-state index contributed by atoms with van der Waals surface area (Å²) in [5.74, 6) is 1.34. The van der Waals surface area contributed by atoms with Crippen LogP contribution in [-0.2, 0) is 16.0 Å². The highest BCUT2D eigenvalue weighted by atomic mass is 16.5. The summed E-state index contributed by atoms with van der Waals surface area (Å²) in [5.41, 5.74) is 3.53. The molecule has 150 valence electrons. The lowest BCUT2D eigenvalue weighted by Gasteiger charge is -2.35. The lowest BCUT2D eigenvalue weighted by atomic mass is 9.88. The highest BCUT2D eigenvalue weighted by Crippen LogP contribution is 2.30. The lowest BCUT2D eigenvalue weighted by Crippen LogP contribution is -2.45. The summed E-state index contributed by atoms with van der Waals surface area (Å²) in [6.07, 6.45) is 6.24. The Kier molecular flexibility index (Phi) is 5.76. The van der Waals surface area contributed by atoms with Gasteiger partial charge in [0.05, 0.1) is 35.8 Å². The molecule has 0 aromatic carbocycles. The van der Waals surface area contributed by atoms with Crippen molar-refractivity contribution in [1.82, 2.24) is 15.0 Å². The maximum absolute atomic E-state index is 12.9. The first kappa shape index (κ1) is 19.1. The van der Waals surface area contributed by atoms with Gasteiger partial charge in [0, 0.05) is 18.9 Å². The van der Waals surface area contributed by atoms with E-state index in [0.29, 0.717) is 25.6 Å². The van der Waals surface area contributed by atoms with Gasteiger partial charge in [0.2, 0.25) is 5.91 Å². The van der Waals surface area contributed by atoms with Crippen molar-refractivity contribution in [2.24, 2.45) is 5.92 Å². The minimum absolute atomic E-state index is 0.188. The van der Waals surface area contributed by atoms with Crippen LogP contribution in [0.2, 0.25) is 0 Å². The number of hydrogen-bond donors (Lipinski definition) is 0. The van der Waals surface area contributed by atoms with Crippen LogP contribution in [0, 0.1) is 12.8 Å². The van der Waals surface area contributed by atoms with Crippen molar-refractivity contribution in [3.05, 3.63) is 35.3 Å². The number of morpholine rings is 1. The van der Waals surface area contributed by atoms with Gasteiger partial charge < -0.3 is 14.2 Å². The van der Waals surface area contributed by atoms with Crippen LogP contribution in [0.25, 0.3) is 11.3 Å². The van der Waals surface area contributed by atoms with Crippen molar-refractivity contribution >= 4 is 5.91 Å². The number of rotatable bonds is 4. The molecule has 2 aliphatic rings. The zero-order chi connectivity index (χ0) is 19.5. The van der Waals surface area contributed by atoms with Gasteiger partial charge in [0.15, 0.2) is 0 Å². The molecule has 1 aliphatic carbocycles. The molecule has 0 radical (unpaired) electrons. The molecule has 1 unspecified atom stereocenters. The van der Waals surface area contributed by atoms with Gasteiger partial charge in [-0.15, -0.1) is 0 Å². The third-order valence-corrected chi connectivity index (χ3v) is 5.94. The molecular weight excluding hydrogens is 354 g/mol. The molecule has 1 saturated carbocycles. The van der Waals surface area contributed by atoms with Crippen LogP contribution >= 0.6 is 0 Å². The third-order valence-electron chi connectivity index (χ3n) is 5.94. The van der Waals surface area contributed by atoms with Crippen molar-refractivity contribution in [1.29, 1.82) is 0 Å². The quantitative estimate of drug-likeness (QED) is 0.795. The van der Waals surface area contributed by atoms with Crippen molar-refractivity contribution in [3.63, 3.8) is 0 Å². The summed E-state index contributed by atoms with van der Waals surface area (Å²) in [5, 5.41) is 4.09. The molecule has 2 fully saturated rings. The topological polar surface area (TPSA) is 68.5 Å². The van der Waals surface area contributed by atoms with Crippen LogP contribution in [0.4, 0.5) is 0 Å². The van der Waals surface area contributed by atoms with Gasteiger partial charge in [0.25, 0.3) is 0 Å². The molecule has 2 aromatic heterocycles. The van der Waals surface area contributed by atoms with Crippen LogP contribution in [-0.4, -0.2) is 40.6 Å². The van der Waals surface area contributed by atoms with E-state index in [1.807, 2.05) is 36.9 Å². The SMILES string of the molecule is CCc1onc(C)c1-c1cccc(C2CN(C(=O)C3CCCCC3)CCO2)n1. The molecule has 1 saturated heterocycles. The number of pyridine rings is 1. The second-order valence-electron chi connectivity index (χ2n) is 7.85. The Hall–Kier alpha value is -2.21. The summed E-state index contributed by atoms with van der Waals surface area (Å²) in [7, 11) is 0. The van der Waals surface area contributed by atoms with Crippen molar-refractivity contribution in [3.8, 4) is 11.3 Å². The number of carbonyl (C=O) groups is 1. The molecular formula is C22H29N3O3. The van der Waals surface area contributed by atoms with Crippen LogP contribution in [0.1, 0.15) is 62.3 Å². The van der Waals surface area contributed by atoms with Crippen LogP contribution < -0.4 is 0 Å².